The van der Waals surface area contributed by atoms with Crippen LogP contribution in [0.5, 0.6) is 5.88 Å². The summed E-state index contributed by atoms with van der Waals surface area (Å²) in [7, 11) is 5.17. The molecule has 3 aliphatic heterocycles. The SMILES string of the molecule is COc1nc(-c2cccc(-c3cccc(C4=CN=C(CNCC5CCC(=O)N5)C(OC)N4C)c3Cl)c2Cl)cnc1CNCC[C@H]1CNC(=O)C1. The fourth-order valence-corrected chi connectivity index (χ4v) is 7.26. The molecule has 6 rings (SSSR count). The van der Waals surface area contributed by atoms with Crippen molar-refractivity contribution in [3.05, 3.63) is 70.1 Å². The molecule has 2 amide bonds. The van der Waals surface area contributed by atoms with E-state index in [1.165, 1.54) is 0 Å². The maximum absolute atomic E-state index is 11.5. The molecule has 1 aromatic heterocycles. The third-order valence-corrected chi connectivity index (χ3v) is 10.1. The van der Waals surface area contributed by atoms with Gasteiger partial charge in [-0.05, 0) is 25.3 Å². The molecule has 3 aromatic rings. The van der Waals surface area contributed by atoms with E-state index in [4.69, 9.17) is 42.7 Å². The Labute approximate surface area is 302 Å². The number of benzene rings is 2. The Bertz CT molecular complexity index is 1800. The first-order valence-electron chi connectivity index (χ1n) is 16.7. The van der Waals surface area contributed by atoms with Gasteiger partial charge in [0.15, 0.2) is 6.23 Å². The minimum absolute atomic E-state index is 0.0950. The second-order valence-corrected chi connectivity index (χ2v) is 13.4. The number of rotatable bonds is 14. The van der Waals surface area contributed by atoms with Crippen molar-refractivity contribution in [1.82, 2.24) is 36.1 Å². The van der Waals surface area contributed by atoms with E-state index in [1.54, 1.807) is 26.6 Å². The molecule has 3 aliphatic rings. The Hall–Kier alpha value is -4.07. The van der Waals surface area contributed by atoms with Gasteiger partial charge in [0.1, 0.15) is 5.69 Å². The van der Waals surface area contributed by atoms with Crippen LogP contribution in [0.1, 0.15) is 36.9 Å². The van der Waals surface area contributed by atoms with Crippen LogP contribution in [0.15, 0.2) is 53.8 Å². The summed E-state index contributed by atoms with van der Waals surface area (Å²) in [6.45, 7) is 3.15. The zero-order chi connectivity index (χ0) is 35.2. The summed E-state index contributed by atoms with van der Waals surface area (Å²) < 4.78 is 11.5. The molecule has 0 bridgehead atoms. The number of carbonyl (C=O) groups excluding carboxylic acids is 2. The van der Waals surface area contributed by atoms with Gasteiger partial charge in [-0.15, -0.1) is 0 Å². The van der Waals surface area contributed by atoms with E-state index in [0.29, 0.717) is 71.3 Å². The number of hydrogen-bond donors (Lipinski definition) is 4. The Morgan fingerprint density at radius 2 is 1.72 bits per heavy atom. The van der Waals surface area contributed by atoms with Crippen LogP contribution in [-0.2, 0) is 20.9 Å². The highest BCUT2D eigenvalue weighted by Gasteiger charge is 2.29. The number of aliphatic imine (C=N–C) groups is 1. The van der Waals surface area contributed by atoms with Gasteiger partial charge in [0.2, 0.25) is 17.7 Å². The van der Waals surface area contributed by atoms with Gasteiger partial charge >= 0.3 is 0 Å². The number of nitrogens with one attached hydrogen (secondary N) is 4. The molecule has 2 unspecified atom stereocenters. The van der Waals surface area contributed by atoms with Crippen molar-refractivity contribution in [3.8, 4) is 28.3 Å². The minimum atomic E-state index is -0.408. The lowest BCUT2D eigenvalue weighted by molar-refractivity contribution is -0.120. The van der Waals surface area contributed by atoms with Crippen LogP contribution in [0, 0.1) is 5.92 Å². The summed E-state index contributed by atoms with van der Waals surface area (Å²) in [4.78, 5) is 39.2. The van der Waals surface area contributed by atoms with E-state index >= 15 is 0 Å². The molecule has 2 saturated heterocycles. The van der Waals surface area contributed by atoms with E-state index < -0.39 is 6.23 Å². The number of hydrogen-bond acceptors (Lipinski definition) is 10. The number of nitrogens with zero attached hydrogens (tertiary/aromatic N) is 4. The standard InChI is InChI=1S/C36H42Cl2N8O4/c1-46-30(20-42-29(36(46)50-3)18-40-16-22-10-11-31(47)44-22)26-9-5-7-24(34(26)38)23-6-4-8-25(33(23)37)27-19-41-28(35(45-27)49-2)17-39-13-12-21-14-32(48)43-15-21/h4-9,19-22,36,39-40H,10-18H2,1-3H3,(H,43,48)(H,44,47)/t21-,22?,36?/m1/s1. The smallest absolute Gasteiger partial charge is 0.237 e. The molecule has 0 aliphatic carbocycles. The Kier molecular flexibility index (Phi) is 11.7. The zero-order valence-electron chi connectivity index (χ0n) is 28.4. The highest BCUT2D eigenvalue weighted by atomic mass is 35.5. The second-order valence-electron chi connectivity index (χ2n) is 12.7. The zero-order valence-corrected chi connectivity index (χ0v) is 29.9. The molecule has 2 aromatic carbocycles. The minimum Gasteiger partial charge on any atom is -0.480 e. The predicted molar refractivity (Wildman–Crippen MR) is 195 cm³/mol. The lowest BCUT2D eigenvalue weighted by atomic mass is 9.98. The molecule has 4 N–H and O–H groups in total. The summed E-state index contributed by atoms with van der Waals surface area (Å²) in [5.41, 5.74) is 5.87. The maximum Gasteiger partial charge on any atom is 0.237 e. The highest BCUT2D eigenvalue weighted by Crippen LogP contribution is 2.42. The van der Waals surface area contributed by atoms with Gasteiger partial charge in [-0.3, -0.25) is 19.6 Å². The van der Waals surface area contributed by atoms with Gasteiger partial charge < -0.3 is 35.6 Å². The summed E-state index contributed by atoms with van der Waals surface area (Å²) in [6, 6.07) is 11.7. The van der Waals surface area contributed by atoms with E-state index in [9.17, 15) is 9.59 Å². The highest BCUT2D eigenvalue weighted by molar-refractivity contribution is 6.38. The van der Waals surface area contributed by atoms with Crippen LogP contribution >= 0.6 is 23.2 Å². The van der Waals surface area contributed by atoms with Crippen molar-refractivity contribution in [2.75, 3.05) is 47.4 Å². The Morgan fingerprint density at radius 1 is 0.980 bits per heavy atom. The number of halogens is 2. The van der Waals surface area contributed by atoms with Gasteiger partial charge in [0.05, 0.1) is 46.7 Å². The molecule has 4 heterocycles. The number of methoxy groups -OCH3 is 2. The average molecular weight is 722 g/mol. The Balaban J connectivity index is 1.19. The topological polar surface area (TPSA) is 142 Å². The predicted octanol–water partition coefficient (Wildman–Crippen LogP) is 4.27. The van der Waals surface area contributed by atoms with E-state index in [2.05, 4.69) is 26.3 Å². The summed E-state index contributed by atoms with van der Waals surface area (Å²) in [5.74, 6) is 0.976. The monoisotopic (exact) mass is 720 g/mol. The first-order valence-corrected chi connectivity index (χ1v) is 17.5. The summed E-state index contributed by atoms with van der Waals surface area (Å²) in [5, 5.41) is 13.7. The molecule has 12 nitrogen and oxygen atoms in total. The second kappa shape index (κ2) is 16.3. The molecule has 2 fully saturated rings. The largest absolute Gasteiger partial charge is 0.480 e. The molecule has 0 saturated carbocycles. The molecular weight excluding hydrogens is 679 g/mol. The lowest BCUT2D eigenvalue weighted by Gasteiger charge is -2.35. The third-order valence-electron chi connectivity index (χ3n) is 9.30. The van der Waals surface area contributed by atoms with Crippen LogP contribution in [0.2, 0.25) is 10.0 Å². The molecule has 0 spiro atoms. The molecule has 14 heteroatoms. The van der Waals surface area contributed by atoms with Gasteiger partial charge in [0, 0.05) is 81.5 Å². The van der Waals surface area contributed by atoms with E-state index in [1.807, 2.05) is 48.3 Å². The number of ether oxygens (including phenoxy) is 2. The van der Waals surface area contributed by atoms with Crippen molar-refractivity contribution >= 4 is 46.4 Å². The van der Waals surface area contributed by atoms with Crippen molar-refractivity contribution < 1.29 is 19.1 Å². The van der Waals surface area contributed by atoms with Gasteiger partial charge in [0.25, 0.3) is 0 Å². The fraction of sp³-hybridized carbons (Fsp3) is 0.417. The summed E-state index contributed by atoms with van der Waals surface area (Å²) in [6.07, 6.45) is 5.96. The first kappa shape index (κ1) is 35.7. The normalized spacial score (nSPS) is 20.4. The van der Waals surface area contributed by atoms with Crippen LogP contribution in [0.3, 0.4) is 0 Å². The number of amides is 2. The quantitative estimate of drug-likeness (QED) is 0.180. The van der Waals surface area contributed by atoms with Crippen molar-refractivity contribution in [2.24, 2.45) is 10.9 Å². The Morgan fingerprint density at radius 3 is 2.40 bits per heavy atom. The van der Waals surface area contributed by atoms with Crippen molar-refractivity contribution in [2.45, 2.75) is 44.5 Å². The lowest BCUT2D eigenvalue weighted by Crippen LogP contribution is -2.46. The third kappa shape index (κ3) is 7.95. The average Bonchev–Trinajstić information content (AvgIpc) is 3.74. The van der Waals surface area contributed by atoms with Gasteiger partial charge in [-0.1, -0.05) is 59.6 Å². The number of carbonyl (C=O) groups is 2. The van der Waals surface area contributed by atoms with Gasteiger partial charge in [-0.25, -0.2) is 4.98 Å². The molecule has 0 radical (unpaired) electrons. The first-order chi connectivity index (χ1) is 24.3. The fourth-order valence-electron chi connectivity index (χ4n) is 6.61. The van der Waals surface area contributed by atoms with Crippen LogP contribution in [-0.4, -0.2) is 92.1 Å². The van der Waals surface area contributed by atoms with E-state index in [-0.39, 0.29) is 17.9 Å². The van der Waals surface area contributed by atoms with Gasteiger partial charge in [-0.2, -0.15) is 0 Å². The van der Waals surface area contributed by atoms with Crippen molar-refractivity contribution in [3.63, 3.8) is 0 Å². The van der Waals surface area contributed by atoms with Crippen LogP contribution < -0.4 is 26.0 Å². The molecular formula is C36H42Cl2N8O4. The van der Waals surface area contributed by atoms with Crippen LogP contribution in [0.25, 0.3) is 28.1 Å². The number of aromatic nitrogens is 2. The van der Waals surface area contributed by atoms with Crippen LogP contribution in [0.4, 0.5) is 0 Å². The van der Waals surface area contributed by atoms with Crippen molar-refractivity contribution in [1.29, 1.82) is 0 Å². The maximum atomic E-state index is 11.5. The molecule has 3 atom stereocenters. The summed E-state index contributed by atoms with van der Waals surface area (Å²) >= 11 is 14.2. The van der Waals surface area contributed by atoms with E-state index in [0.717, 1.165) is 54.0 Å². The molecule has 50 heavy (non-hydrogen) atoms. The molecule has 264 valence electrons.